The monoisotopic (exact) mass is 442 g/mol. The van der Waals surface area contributed by atoms with Gasteiger partial charge < -0.3 is 19.9 Å². The van der Waals surface area contributed by atoms with Crippen LogP contribution in [0.3, 0.4) is 0 Å². The van der Waals surface area contributed by atoms with Gasteiger partial charge in [0.1, 0.15) is 22.1 Å². The molecule has 29 heavy (non-hydrogen) atoms. The van der Waals surface area contributed by atoms with Crippen molar-refractivity contribution in [2.45, 2.75) is 18.7 Å². The zero-order valence-electron chi connectivity index (χ0n) is 15.8. The number of phenolic OH excluding ortho intramolecular Hbond substituents is 1. The van der Waals surface area contributed by atoms with Crippen LogP contribution >= 0.6 is 11.6 Å². The molecule has 0 saturated carbocycles. The van der Waals surface area contributed by atoms with E-state index in [1.807, 2.05) is 0 Å². The number of ether oxygens (including phenoxy) is 2. The molecule has 156 valence electrons. The van der Waals surface area contributed by atoms with Crippen molar-refractivity contribution in [3.63, 3.8) is 0 Å². The second kappa shape index (κ2) is 9.12. The number of benzene rings is 2. The van der Waals surface area contributed by atoms with Crippen LogP contribution in [0.2, 0.25) is 5.02 Å². The summed E-state index contributed by atoms with van der Waals surface area (Å²) < 4.78 is 36.4. The van der Waals surface area contributed by atoms with Gasteiger partial charge in [-0.15, -0.1) is 0 Å². The Bertz CT molecular complexity index is 1030. The second-order valence-corrected chi connectivity index (χ2v) is 7.98. The maximum absolute atomic E-state index is 12.0. The number of rotatable bonds is 6. The van der Waals surface area contributed by atoms with Crippen molar-refractivity contribution >= 4 is 39.2 Å². The van der Waals surface area contributed by atoms with Gasteiger partial charge in [0.2, 0.25) is 10.0 Å². The number of phenols is 1. The normalized spacial score (nSPS) is 11.0. The Morgan fingerprint density at radius 3 is 2.48 bits per heavy atom. The van der Waals surface area contributed by atoms with Crippen LogP contribution in [0.4, 0.5) is 5.69 Å². The fraction of sp³-hybridized carbons (Fsp3) is 0.222. The Morgan fingerprint density at radius 1 is 1.21 bits per heavy atom. The first kappa shape index (κ1) is 22.5. The number of hydrogen-bond acceptors (Lipinski definition) is 7. The third kappa shape index (κ3) is 5.37. The Hall–Kier alpha value is -2.82. The van der Waals surface area contributed by atoms with Gasteiger partial charge in [-0.3, -0.25) is 4.79 Å². The number of anilines is 1. The number of esters is 1. The van der Waals surface area contributed by atoms with Crippen molar-refractivity contribution in [2.75, 3.05) is 19.0 Å². The number of hydrogen-bond donors (Lipinski definition) is 3. The summed E-state index contributed by atoms with van der Waals surface area (Å²) in [7, 11) is -2.69. The van der Waals surface area contributed by atoms with Crippen LogP contribution in [-0.2, 0) is 24.3 Å². The molecule has 0 spiro atoms. The lowest BCUT2D eigenvalue weighted by atomic mass is 10.2. The minimum atomic E-state index is -3.90. The molecular weight excluding hydrogens is 424 g/mol. The van der Waals surface area contributed by atoms with E-state index >= 15 is 0 Å². The maximum Gasteiger partial charge on any atom is 0.397 e. The lowest BCUT2D eigenvalue weighted by molar-refractivity contribution is -0.152. The van der Waals surface area contributed by atoms with Gasteiger partial charge in [-0.05, 0) is 50.7 Å². The number of aryl methyl sites for hydroxylation is 1. The zero-order valence-corrected chi connectivity index (χ0v) is 17.3. The molecule has 2 aromatic carbocycles. The quantitative estimate of drug-likeness (QED) is 0.462. The molecule has 0 saturated heterocycles. The van der Waals surface area contributed by atoms with Crippen molar-refractivity contribution in [2.24, 2.45) is 0 Å². The minimum absolute atomic E-state index is 0.0662. The van der Waals surface area contributed by atoms with Gasteiger partial charge >= 0.3 is 11.9 Å². The van der Waals surface area contributed by atoms with Gasteiger partial charge in [0.25, 0.3) is 0 Å². The van der Waals surface area contributed by atoms with Crippen LogP contribution in [-0.4, -0.2) is 39.1 Å². The highest BCUT2D eigenvalue weighted by molar-refractivity contribution is 7.89. The van der Waals surface area contributed by atoms with E-state index in [1.54, 1.807) is 13.8 Å². The molecule has 2 rings (SSSR count). The number of sulfonamides is 1. The van der Waals surface area contributed by atoms with E-state index in [-0.39, 0.29) is 33.7 Å². The summed E-state index contributed by atoms with van der Waals surface area (Å²) >= 11 is 6.22. The topological polar surface area (TPSA) is 131 Å². The van der Waals surface area contributed by atoms with E-state index in [0.717, 1.165) is 6.07 Å². The number of aromatic hydroxyl groups is 1. The Labute approximate surface area is 172 Å². The summed E-state index contributed by atoms with van der Waals surface area (Å²) in [4.78, 5) is 22.8. The second-order valence-electron chi connectivity index (χ2n) is 5.72. The lowest BCUT2D eigenvalue weighted by Gasteiger charge is -2.14. The molecule has 9 nitrogen and oxygen atoms in total. The molecule has 0 fully saturated rings. The van der Waals surface area contributed by atoms with Crippen molar-refractivity contribution < 1.29 is 32.6 Å². The fourth-order valence-electron chi connectivity index (χ4n) is 2.31. The molecule has 0 radical (unpaired) electrons. The van der Waals surface area contributed by atoms with Gasteiger partial charge in [-0.2, -0.15) is 0 Å². The van der Waals surface area contributed by atoms with E-state index in [4.69, 9.17) is 16.3 Å². The number of nitrogens with one attached hydrogen (secondary N) is 2. The standard InChI is InChI=1S/C18H19ClN2O7S/c1-4-27-18(24)17(23)21-11-7-10(2)16(13(19)8-11)28-12-5-6-14(22)15(9-12)29(25,26)20-3/h5-9,20,22H,4H2,1-3H3,(H,21,23). The molecule has 0 unspecified atom stereocenters. The molecule has 11 heteroatoms. The molecule has 2 aromatic rings. The molecule has 3 N–H and O–H groups in total. The van der Waals surface area contributed by atoms with Crippen molar-refractivity contribution in [3.05, 3.63) is 40.9 Å². The van der Waals surface area contributed by atoms with E-state index in [9.17, 15) is 23.1 Å². The average molecular weight is 443 g/mol. The third-order valence-corrected chi connectivity index (χ3v) is 5.38. The molecule has 0 bridgehead atoms. The number of amides is 1. The smallest absolute Gasteiger partial charge is 0.397 e. The zero-order chi connectivity index (χ0) is 21.8. The summed E-state index contributed by atoms with van der Waals surface area (Å²) in [6.45, 7) is 3.29. The molecule has 0 aromatic heterocycles. The summed E-state index contributed by atoms with van der Waals surface area (Å²) in [5.74, 6) is -2.09. The summed E-state index contributed by atoms with van der Waals surface area (Å²) in [5, 5.41) is 12.3. The molecule has 0 heterocycles. The molecule has 0 atom stereocenters. The average Bonchev–Trinajstić information content (AvgIpc) is 2.66. The molecule has 0 aliphatic rings. The fourth-order valence-corrected chi connectivity index (χ4v) is 3.45. The highest BCUT2D eigenvalue weighted by Gasteiger charge is 2.20. The predicted molar refractivity (Wildman–Crippen MR) is 106 cm³/mol. The largest absolute Gasteiger partial charge is 0.507 e. The Kier molecular flexibility index (Phi) is 7.07. The molecule has 1 amide bonds. The Balaban J connectivity index is 2.30. The first-order chi connectivity index (χ1) is 13.6. The third-order valence-electron chi connectivity index (χ3n) is 3.66. The number of halogens is 1. The summed E-state index contributed by atoms with van der Waals surface area (Å²) in [6, 6.07) is 6.58. The van der Waals surface area contributed by atoms with Gasteiger partial charge in [0.05, 0.1) is 11.6 Å². The maximum atomic E-state index is 12.0. The molecule has 0 aliphatic carbocycles. The van der Waals surface area contributed by atoms with E-state index < -0.39 is 27.6 Å². The van der Waals surface area contributed by atoms with E-state index in [2.05, 4.69) is 14.8 Å². The van der Waals surface area contributed by atoms with Crippen LogP contribution in [0.1, 0.15) is 12.5 Å². The molecular formula is C18H19ClN2O7S. The van der Waals surface area contributed by atoms with E-state index in [1.165, 1.54) is 31.3 Å². The number of carbonyl (C=O) groups excluding carboxylic acids is 2. The first-order valence-corrected chi connectivity index (χ1v) is 10.2. The highest BCUT2D eigenvalue weighted by Crippen LogP contribution is 2.37. The van der Waals surface area contributed by atoms with Gasteiger partial charge in [-0.1, -0.05) is 11.6 Å². The highest BCUT2D eigenvalue weighted by atomic mass is 35.5. The van der Waals surface area contributed by atoms with Crippen LogP contribution in [0.5, 0.6) is 17.2 Å². The van der Waals surface area contributed by atoms with E-state index in [0.29, 0.717) is 5.56 Å². The number of carbonyl (C=O) groups is 2. The van der Waals surface area contributed by atoms with Crippen molar-refractivity contribution in [3.8, 4) is 17.2 Å². The lowest BCUT2D eigenvalue weighted by Crippen LogP contribution is -2.25. The van der Waals surface area contributed by atoms with Crippen LogP contribution < -0.4 is 14.8 Å². The van der Waals surface area contributed by atoms with Gasteiger partial charge in [-0.25, -0.2) is 17.9 Å². The SMILES string of the molecule is CCOC(=O)C(=O)Nc1cc(C)c(Oc2ccc(O)c(S(=O)(=O)NC)c2)c(Cl)c1. The predicted octanol–water partition coefficient (Wildman–Crippen LogP) is 2.56. The van der Waals surface area contributed by atoms with Crippen molar-refractivity contribution in [1.29, 1.82) is 0 Å². The summed E-state index contributed by atoms with van der Waals surface area (Å²) in [5.41, 5.74) is 0.754. The Morgan fingerprint density at radius 2 is 1.90 bits per heavy atom. The van der Waals surface area contributed by atoms with Crippen LogP contribution in [0.25, 0.3) is 0 Å². The minimum Gasteiger partial charge on any atom is -0.507 e. The first-order valence-electron chi connectivity index (χ1n) is 8.31. The summed E-state index contributed by atoms with van der Waals surface area (Å²) in [6.07, 6.45) is 0. The molecule has 0 aliphatic heterocycles. The van der Waals surface area contributed by atoms with Gasteiger partial charge in [0, 0.05) is 11.8 Å². The van der Waals surface area contributed by atoms with Crippen molar-refractivity contribution in [1.82, 2.24) is 4.72 Å². The van der Waals surface area contributed by atoms with Crippen LogP contribution in [0.15, 0.2) is 35.2 Å². The van der Waals surface area contributed by atoms with Gasteiger partial charge in [0.15, 0.2) is 0 Å². The van der Waals surface area contributed by atoms with Crippen LogP contribution in [0, 0.1) is 6.92 Å².